The number of aromatic nitrogens is 3. The van der Waals surface area contributed by atoms with E-state index in [2.05, 4.69) is 25.6 Å². The van der Waals surface area contributed by atoms with Crippen LogP contribution in [0.2, 0.25) is 0 Å². The number of nitrogens with one attached hydrogen (secondary N) is 2. The first-order valence-corrected chi connectivity index (χ1v) is 11.8. The van der Waals surface area contributed by atoms with E-state index in [-0.39, 0.29) is 33.1 Å². The lowest BCUT2D eigenvalue weighted by Gasteiger charge is -2.12. The van der Waals surface area contributed by atoms with Crippen molar-refractivity contribution < 1.29 is 18.0 Å². The number of hydrogen-bond donors (Lipinski definition) is 2. The van der Waals surface area contributed by atoms with Crippen LogP contribution in [0.15, 0.2) is 70.7 Å². The molecule has 0 atom stereocenters. The highest BCUT2D eigenvalue weighted by Crippen LogP contribution is 2.30. The molecule has 0 fully saturated rings. The van der Waals surface area contributed by atoms with E-state index in [1.807, 2.05) is 19.1 Å². The maximum absolute atomic E-state index is 13.2. The van der Waals surface area contributed by atoms with Crippen LogP contribution in [-0.4, -0.2) is 35.2 Å². The maximum atomic E-state index is 13.2. The van der Waals surface area contributed by atoms with Crippen molar-refractivity contribution >= 4 is 44.1 Å². The monoisotopic (exact) mass is 475 g/mol. The number of anilines is 2. The van der Waals surface area contributed by atoms with Crippen LogP contribution in [0, 0.1) is 6.92 Å². The molecule has 172 valence electrons. The van der Waals surface area contributed by atoms with Gasteiger partial charge in [0.1, 0.15) is 5.52 Å². The molecule has 3 heterocycles. The summed E-state index contributed by atoms with van der Waals surface area (Å²) in [6, 6.07) is 14.3. The first-order valence-electron chi connectivity index (χ1n) is 10.3. The molecule has 0 aliphatic rings. The Hall–Kier alpha value is -4.18. The van der Waals surface area contributed by atoms with Gasteiger partial charge in [0.15, 0.2) is 10.8 Å². The minimum Gasteiger partial charge on any atom is -0.326 e. The third-order valence-electron chi connectivity index (χ3n) is 4.96. The number of aryl methyl sites for hydroxylation is 1. The van der Waals surface area contributed by atoms with Gasteiger partial charge < -0.3 is 10.6 Å². The van der Waals surface area contributed by atoms with Crippen molar-refractivity contribution in [3.8, 4) is 11.4 Å². The minimum atomic E-state index is -3.97. The van der Waals surface area contributed by atoms with E-state index in [4.69, 9.17) is 0 Å². The van der Waals surface area contributed by atoms with Gasteiger partial charge in [0.05, 0.1) is 16.3 Å². The number of sulfone groups is 1. The first kappa shape index (κ1) is 23.0. The first-order chi connectivity index (χ1) is 16.1. The summed E-state index contributed by atoms with van der Waals surface area (Å²) in [5.74, 6) is -0.486. The van der Waals surface area contributed by atoms with E-state index in [1.54, 1.807) is 18.3 Å². The predicted octanol–water partition coefficient (Wildman–Crippen LogP) is 3.75. The van der Waals surface area contributed by atoms with Crippen LogP contribution in [0.1, 0.15) is 19.4 Å². The Kier molecular flexibility index (Phi) is 6.08. The number of carbonyl (C=O) groups is 2. The minimum absolute atomic E-state index is 0.0169. The number of rotatable bonds is 5. The van der Waals surface area contributed by atoms with Crippen LogP contribution in [0.25, 0.3) is 22.3 Å². The Bertz CT molecular complexity index is 1530. The third kappa shape index (κ3) is 4.62. The van der Waals surface area contributed by atoms with Gasteiger partial charge in [-0.1, -0.05) is 6.07 Å². The van der Waals surface area contributed by atoms with E-state index < -0.39 is 9.84 Å². The summed E-state index contributed by atoms with van der Waals surface area (Å²) in [6.45, 7) is 4.60. The van der Waals surface area contributed by atoms with Gasteiger partial charge in [-0.2, -0.15) is 0 Å². The summed E-state index contributed by atoms with van der Waals surface area (Å²) in [6.07, 6.45) is 1.65. The van der Waals surface area contributed by atoms with E-state index in [0.717, 1.165) is 5.56 Å². The fraction of sp³-hybridized carbons (Fsp3) is 0.125. The Morgan fingerprint density at radius 3 is 2.24 bits per heavy atom. The Morgan fingerprint density at radius 2 is 1.59 bits per heavy atom. The van der Waals surface area contributed by atoms with Crippen molar-refractivity contribution in [1.29, 1.82) is 0 Å². The largest absolute Gasteiger partial charge is 0.326 e. The summed E-state index contributed by atoms with van der Waals surface area (Å²) >= 11 is 0. The number of pyridine rings is 3. The van der Waals surface area contributed by atoms with Crippen LogP contribution in [0.4, 0.5) is 11.5 Å². The van der Waals surface area contributed by atoms with Crippen molar-refractivity contribution in [2.75, 3.05) is 10.6 Å². The van der Waals surface area contributed by atoms with Crippen LogP contribution >= 0.6 is 0 Å². The van der Waals surface area contributed by atoms with E-state index in [1.165, 1.54) is 44.2 Å². The quantitative estimate of drug-likeness (QED) is 0.449. The molecule has 0 saturated carbocycles. The predicted molar refractivity (Wildman–Crippen MR) is 128 cm³/mol. The zero-order valence-electron chi connectivity index (χ0n) is 18.7. The van der Waals surface area contributed by atoms with Crippen molar-refractivity contribution in [2.24, 2.45) is 0 Å². The zero-order valence-corrected chi connectivity index (χ0v) is 19.5. The molecule has 2 N–H and O–H groups in total. The molecule has 0 radical (unpaired) electrons. The van der Waals surface area contributed by atoms with E-state index in [0.29, 0.717) is 22.5 Å². The number of benzene rings is 1. The Balaban J connectivity index is 1.82. The van der Waals surface area contributed by atoms with Crippen molar-refractivity contribution in [3.63, 3.8) is 0 Å². The summed E-state index contributed by atoms with van der Waals surface area (Å²) in [7, 11) is -3.97. The second kappa shape index (κ2) is 8.99. The normalized spacial score (nSPS) is 11.3. The van der Waals surface area contributed by atoms with Gasteiger partial charge in [0.25, 0.3) is 0 Å². The number of amides is 2. The molecule has 0 aliphatic heterocycles. The van der Waals surface area contributed by atoms with Gasteiger partial charge in [0.2, 0.25) is 21.7 Å². The summed E-state index contributed by atoms with van der Waals surface area (Å²) < 4.78 is 26.4. The molecule has 10 heteroatoms. The molecule has 0 bridgehead atoms. The van der Waals surface area contributed by atoms with Gasteiger partial charge in [-0.3, -0.25) is 14.6 Å². The SMILES string of the molecule is CC(=O)Nc1ccc(S(=O)(=O)c2ccc3cc(-c4ncccc4C)nc(NC(C)=O)c3n2)cc1. The summed E-state index contributed by atoms with van der Waals surface area (Å²) in [4.78, 5) is 36.3. The molecule has 4 rings (SSSR count). The number of nitrogens with zero attached hydrogens (tertiary/aromatic N) is 3. The highest BCUT2D eigenvalue weighted by molar-refractivity contribution is 7.91. The number of hydrogen-bond acceptors (Lipinski definition) is 7. The number of carbonyl (C=O) groups excluding carboxylic acids is 2. The average molecular weight is 476 g/mol. The molecule has 34 heavy (non-hydrogen) atoms. The van der Waals surface area contributed by atoms with Crippen LogP contribution in [-0.2, 0) is 19.4 Å². The van der Waals surface area contributed by atoms with Crippen molar-refractivity contribution in [1.82, 2.24) is 15.0 Å². The molecular formula is C24H21N5O4S. The number of fused-ring (bicyclic) bond motifs is 1. The van der Waals surface area contributed by atoms with Gasteiger partial charge in [-0.25, -0.2) is 18.4 Å². The maximum Gasteiger partial charge on any atom is 0.223 e. The van der Waals surface area contributed by atoms with Gasteiger partial charge in [-0.05, 0) is 61.0 Å². The van der Waals surface area contributed by atoms with Crippen LogP contribution < -0.4 is 10.6 Å². The molecule has 0 aliphatic carbocycles. The van der Waals surface area contributed by atoms with Gasteiger partial charge in [-0.15, -0.1) is 0 Å². The topological polar surface area (TPSA) is 131 Å². The lowest BCUT2D eigenvalue weighted by atomic mass is 10.1. The second-order valence-electron chi connectivity index (χ2n) is 7.64. The van der Waals surface area contributed by atoms with Crippen LogP contribution in [0.5, 0.6) is 0 Å². The van der Waals surface area contributed by atoms with Gasteiger partial charge >= 0.3 is 0 Å². The second-order valence-corrected chi connectivity index (χ2v) is 9.53. The highest BCUT2D eigenvalue weighted by atomic mass is 32.2. The molecule has 0 saturated heterocycles. The Morgan fingerprint density at radius 1 is 0.882 bits per heavy atom. The lowest BCUT2D eigenvalue weighted by Crippen LogP contribution is -2.11. The summed E-state index contributed by atoms with van der Waals surface area (Å²) in [5, 5.41) is 5.64. The fourth-order valence-electron chi connectivity index (χ4n) is 3.43. The van der Waals surface area contributed by atoms with Crippen molar-refractivity contribution in [2.45, 2.75) is 30.7 Å². The molecular weight excluding hydrogens is 454 g/mol. The molecule has 0 spiro atoms. The van der Waals surface area contributed by atoms with E-state index in [9.17, 15) is 18.0 Å². The third-order valence-corrected chi connectivity index (χ3v) is 6.63. The molecule has 1 aromatic carbocycles. The smallest absolute Gasteiger partial charge is 0.223 e. The standard InChI is InChI=1S/C24H21N5O4S/c1-14-5-4-12-25-22(14)20-13-17-6-11-21(29-23(17)24(28-20)27-16(3)31)34(32,33)19-9-7-18(8-10-19)26-15(2)30/h4-13H,1-3H3,(H,26,30)(H,27,28,31). The van der Waals surface area contributed by atoms with Gasteiger partial charge in [0, 0.05) is 31.1 Å². The molecule has 4 aromatic rings. The molecule has 0 unspecified atom stereocenters. The zero-order chi connectivity index (χ0) is 24.5. The Labute approximate surface area is 196 Å². The fourth-order valence-corrected chi connectivity index (χ4v) is 4.63. The molecule has 3 aromatic heterocycles. The average Bonchev–Trinajstić information content (AvgIpc) is 2.78. The van der Waals surface area contributed by atoms with Crippen LogP contribution in [0.3, 0.4) is 0 Å². The molecule has 9 nitrogen and oxygen atoms in total. The van der Waals surface area contributed by atoms with Crippen molar-refractivity contribution in [3.05, 3.63) is 66.4 Å². The van der Waals surface area contributed by atoms with E-state index >= 15 is 0 Å². The lowest BCUT2D eigenvalue weighted by molar-refractivity contribution is -0.115. The highest BCUT2D eigenvalue weighted by Gasteiger charge is 2.21. The summed E-state index contributed by atoms with van der Waals surface area (Å²) in [5.41, 5.74) is 2.79. The molecule has 2 amide bonds.